The van der Waals surface area contributed by atoms with Crippen LogP contribution in [-0.2, 0) is 21.2 Å². The number of carbonyl (C=O) groups excluding carboxylic acids is 1. The van der Waals surface area contributed by atoms with Gasteiger partial charge in [0.25, 0.3) is 10.0 Å². The number of anilines is 2. The molecule has 2 aliphatic heterocycles. The van der Waals surface area contributed by atoms with Crippen LogP contribution < -0.4 is 10.2 Å². The van der Waals surface area contributed by atoms with Crippen molar-refractivity contribution in [1.29, 1.82) is 0 Å². The molecule has 6 nitrogen and oxygen atoms in total. The van der Waals surface area contributed by atoms with Crippen LogP contribution in [0.3, 0.4) is 0 Å². The summed E-state index contributed by atoms with van der Waals surface area (Å²) in [5.41, 5.74) is 2.27. The highest BCUT2D eigenvalue weighted by Crippen LogP contribution is 2.31. The summed E-state index contributed by atoms with van der Waals surface area (Å²) in [7, 11) is -3.99. The van der Waals surface area contributed by atoms with E-state index < -0.39 is 15.8 Å². The van der Waals surface area contributed by atoms with Crippen LogP contribution in [-0.4, -0.2) is 31.8 Å². The molecule has 2 aromatic carbocycles. The van der Waals surface area contributed by atoms with Crippen LogP contribution in [0.4, 0.5) is 15.8 Å². The Morgan fingerprint density at radius 1 is 1.27 bits per heavy atom. The Hall–Kier alpha value is -2.39. The average molecular weight is 391 g/mol. The standard InChI is InChI=1S/C17H14FN3O3S2/c18-12-5-6-13-15(9-12)26(23,24)20-17(19-13)25-10-16(22)21-8-7-11-3-1-2-4-14(11)21/h1-6,9H,7-8,10H2,(H,19,20). The van der Waals surface area contributed by atoms with Crippen molar-refractivity contribution in [2.45, 2.75) is 11.3 Å². The van der Waals surface area contributed by atoms with Crippen molar-refractivity contribution in [1.82, 2.24) is 0 Å². The first kappa shape index (κ1) is 17.0. The maximum atomic E-state index is 13.3. The second kappa shape index (κ2) is 6.40. The Morgan fingerprint density at radius 2 is 2.08 bits per heavy atom. The fourth-order valence-electron chi connectivity index (χ4n) is 2.98. The van der Waals surface area contributed by atoms with Gasteiger partial charge in [-0.25, -0.2) is 4.39 Å². The van der Waals surface area contributed by atoms with E-state index in [0.29, 0.717) is 6.54 Å². The maximum Gasteiger partial charge on any atom is 0.286 e. The first-order chi connectivity index (χ1) is 12.4. The van der Waals surface area contributed by atoms with Gasteiger partial charge in [-0.2, -0.15) is 8.42 Å². The van der Waals surface area contributed by atoms with Crippen molar-refractivity contribution in [3.63, 3.8) is 0 Å². The number of halogens is 1. The molecule has 0 atom stereocenters. The molecule has 0 radical (unpaired) electrons. The predicted molar refractivity (Wildman–Crippen MR) is 99.6 cm³/mol. The lowest BCUT2D eigenvalue weighted by Gasteiger charge is -2.19. The minimum atomic E-state index is -3.99. The summed E-state index contributed by atoms with van der Waals surface area (Å²) in [5, 5.41) is 2.94. The van der Waals surface area contributed by atoms with Crippen LogP contribution in [0.1, 0.15) is 5.56 Å². The van der Waals surface area contributed by atoms with Gasteiger partial charge in [0, 0.05) is 12.2 Å². The molecule has 0 fully saturated rings. The monoisotopic (exact) mass is 391 g/mol. The van der Waals surface area contributed by atoms with Gasteiger partial charge < -0.3 is 10.2 Å². The van der Waals surface area contributed by atoms with Crippen LogP contribution in [0, 0.1) is 5.82 Å². The number of hydrogen-bond acceptors (Lipinski definition) is 5. The predicted octanol–water partition coefficient (Wildman–Crippen LogP) is 2.62. The molecule has 9 heteroatoms. The normalized spacial score (nSPS) is 17.1. The van der Waals surface area contributed by atoms with Crippen LogP contribution in [0.2, 0.25) is 0 Å². The van der Waals surface area contributed by atoms with E-state index >= 15 is 0 Å². The van der Waals surface area contributed by atoms with Gasteiger partial charge in [0.15, 0.2) is 5.17 Å². The molecule has 2 heterocycles. The molecule has 0 saturated heterocycles. The van der Waals surface area contributed by atoms with E-state index in [-0.39, 0.29) is 27.4 Å². The molecular weight excluding hydrogens is 377 g/mol. The topological polar surface area (TPSA) is 78.8 Å². The summed E-state index contributed by atoms with van der Waals surface area (Å²) in [6.45, 7) is 0.610. The average Bonchev–Trinajstić information content (AvgIpc) is 3.04. The highest BCUT2D eigenvalue weighted by molar-refractivity contribution is 8.15. The van der Waals surface area contributed by atoms with E-state index in [9.17, 15) is 17.6 Å². The molecule has 0 bridgehead atoms. The lowest BCUT2D eigenvalue weighted by Crippen LogP contribution is -2.31. The minimum absolute atomic E-state index is 0.0478. The Kier molecular flexibility index (Phi) is 4.20. The van der Waals surface area contributed by atoms with E-state index in [1.165, 1.54) is 12.1 Å². The number of nitrogens with zero attached hydrogens (tertiary/aromatic N) is 2. The van der Waals surface area contributed by atoms with Crippen LogP contribution in [0.15, 0.2) is 51.8 Å². The molecule has 1 amide bonds. The van der Waals surface area contributed by atoms with Gasteiger partial charge in [-0.1, -0.05) is 30.0 Å². The number of fused-ring (bicyclic) bond motifs is 2. The molecule has 2 aliphatic rings. The van der Waals surface area contributed by atoms with E-state index in [4.69, 9.17) is 0 Å². The van der Waals surface area contributed by atoms with Gasteiger partial charge in [0.1, 0.15) is 10.7 Å². The Bertz CT molecular complexity index is 1040. The SMILES string of the molecule is O=C(CSC1=NS(=O)(=O)c2cc(F)ccc2N1)N1CCc2ccccc21. The molecule has 26 heavy (non-hydrogen) atoms. The van der Waals surface area contributed by atoms with Crippen LogP contribution in [0.5, 0.6) is 0 Å². The van der Waals surface area contributed by atoms with E-state index in [1.54, 1.807) is 4.90 Å². The fraction of sp³-hybridized carbons (Fsp3) is 0.176. The van der Waals surface area contributed by atoms with Crippen LogP contribution in [0.25, 0.3) is 0 Å². The number of sulfonamides is 1. The quantitative estimate of drug-likeness (QED) is 0.851. The number of hydrogen-bond donors (Lipinski definition) is 1. The molecule has 0 saturated carbocycles. The number of carbonyl (C=O) groups is 1. The van der Waals surface area contributed by atoms with Gasteiger partial charge in [0.2, 0.25) is 5.91 Å². The van der Waals surface area contributed by atoms with Crippen molar-refractivity contribution in [2.24, 2.45) is 4.40 Å². The third-order valence-corrected chi connectivity index (χ3v) is 6.48. The molecule has 134 valence electrons. The van der Waals surface area contributed by atoms with Crippen molar-refractivity contribution >= 4 is 44.2 Å². The van der Waals surface area contributed by atoms with Gasteiger partial charge in [-0.3, -0.25) is 4.79 Å². The fourth-order valence-corrected chi connectivity index (χ4v) is 5.10. The zero-order chi connectivity index (χ0) is 18.3. The first-order valence-electron chi connectivity index (χ1n) is 7.87. The highest BCUT2D eigenvalue weighted by Gasteiger charge is 2.28. The number of thioether (sulfide) groups is 1. The van der Waals surface area contributed by atoms with Crippen molar-refractivity contribution in [2.75, 3.05) is 22.5 Å². The Labute approximate surface area is 154 Å². The van der Waals surface area contributed by atoms with Crippen molar-refractivity contribution in [3.8, 4) is 0 Å². The smallest absolute Gasteiger partial charge is 0.286 e. The minimum Gasteiger partial charge on any atom is -0.333 e. The first-order valence-corrected chi connectivity index (χ1v) is 10.3. The van der Waals surface area contributed by atoms with Crippen molar-refractivity contribution in [3.05, 3.63) is 53.8 Å². The zero-order valence-electron chi connectivity index (χ0n) is 13.5. The number of amidine groups is 1. The third-order valence-electron chi connectivity index (χ3n) is 4.19. The summed E-state index contributed by atoms with van der Waals surface area (Å²) in [6.07, 6.45) is 0.805. The van der Waals surface area contributed by atoms with Gasteiger partial charge >= 0.3 is 0 Å². The molecule has 4 rings (SSSR count). The number of para-hydroxylation sites is 1. The second-order valence-electron chi connectivity index (χ2n) is 5.85. The molecule has 2 aromatic rings. The number of rotatable bonds is 2. The van der Waals surface area contributed by atoms with Gasteiger partial charge in [-0.05, 0) is 36.2 Å². The van der Waals surface area contributed by atoms with E-state index in [0.717, 1.165) is 35.5 Å². The second-order valence-corrected chi connectivity index (χ2v) is 8.39. The third kappa shape index (κ3) is 3.08. The lowest BCUT2D eigenvalue weighted by molar-refractivity contribution is -0.116. The molecule has 0 unspecified atom stereocenters. The summed E-state index contributed by atoms with van der Waals surface area (Å²) in [6, 6.07) is 11.1. The lowest BCUT2D eigenvalue weighted by atomic mass is 10.2. The highest BCUT2D eigenvalue weighted by atomic mass is 32.2. The summed E-state index contributed by atoms with van der Waals surface area (Å²) < 4.78 is 41.3. The number of amides is 1. The molecule has 0 aliphatic carbocycles. The van der Waals surface area contributed by atoms with E-state index in [2.05, 4.69) is 9.71 Å². The molecule has 1 N–H and O–H groups in total. The zero-order valence-corrected chi connectivity index (χ0v) is 15.1. The van der Waals surface area contributed by atoms with Gasteiger partial charge in [-0.15, -0.1) is 4.40 Å². The largest absolute Gasteiger partial charge is 0.333 e. The molecular formula is C17H14FN3O3S2. The van der Waals surface area contributed by atoms with E-state index in [1.807, 2.05) is 24.3 Å². The Morgan fingerprint density at radius 3 is 2.92 bits per heavy atom. The number of benzene rings is 2. The molecule has 0 spiro atoms. The van der Waals surface area contributed by atoms with Crippen molar-refractivity contribution < 1.29 is 17.6 Å². The Balaban J connectivity index is 1.49. The summed E-state index contributed by atoms with van der Waals surface area (Å²) in [4.78, 5) is 14.0. The summed E-state index contributed by atoms with van der Waals surface area (Å²) >= 11 is 1.01. The number of nitrogens with one attached hydrogen (secondary N) is 1. The molecule has 0 aromatic heterocycles. The maximum absolute atomic E-state index is 13.3. The summed E-state index contributed by atoms with van der Waals surface area (Å²) in [5.74, 6) is -0.721. The van der Waals surface area contributed by atoms with Crippen LogP contribution >= 0.6 is 11.8 Å². The van der Waals surface area contributed by atoms with Gasteiger partial charge in [0.05, 0.1) is 11.4 Å².